The number of aliphatic carboxylic acids is 1. The number of rotatable bonds is 7. The summed E-state index contributed by atoms with van der Waals surface area (Å²) >= 11 is 1.42. The maximum atomic E-state index is 12.3. The van der Waals surface area contributed by atoms with Crippen LogP contribution in [0, 0.1) is 5.92 Å². The van der Waals surface area contributed by atoms with Gasteiger partial charge in [-0.3, -0.25) is 9.59 Å². The molecule has 0 aromatic carbocycles. The number of fused-ring (bicyclic) bond motifs is 1. The lowest BCUT2D eigenvalue weighted by Crippen LogP contribution is -2.17. The number of thiophene rings is 1. The Morgan fingerprint density at radius 3 is 2.67 bits per heavy atom. The number of hydrogen-bond acceptors (Lipinski definition) is 5. The molecule has 1 aromatic rings. The molecule has 0 saturated heterocycles. The second kappa shape index (κ2) is 8.28. The third kappa shape index (κ3) is 4.35. The van der Waals surface area contributed by atoms with Crippen molar-refractivity contribution in [1.29, 1.82) is 0 Å². The summed E-state index contributed by atoms with van der Waals surface area (Å²) in [6.45, 7) is 4.17. The molecular formula is C17H23NO5S. The van der Waals surface area contributed by atoms with E-state index in [1.807, 2.05) is 0 Å². The summed E-state index contributed by atoms with van der Waals surface area (Å²) in [7, 11) is 0. The van der Waals surface area contributed by atoms with Crippen LogP contribution in [0.25, 0.3) is 0 Å². The number of anilines is 1. The van der Waals surface area contributed by atoms with Crippen LogP contribution in [0.1, 0.15) is 60.3 Å². The van der Waals surface area contributed by atoms with E-state index in [0.717, 1.165) is 36.1 Å². The Balaban J connectivity index is 2.25. The van der Waals surface area contributed by atoms with Crippen molar-refractivity contribution >= 4 is 34.2 Å². The Bertz CT molecular complexity index is 637. The highest BCUT2D eigenvalue weighted by Gasteiger charge is 2.29. The van der Waals surface area contributed by atoms with E-state index in [0.29, 0.717) is 16.5 Å². The molecule has 0 bridgehead atoms. The minimum Gasteiger partial charge on any atom is -0.481 e. The van der Waals surface area contributed by atoms with Gasteiger partial charge >= 0.3 is 11.9 Å². The number of ether oxygens (including phenoxy) is 1. The zero-order valence-corrected chi connectivity index (χ0v) is 14.8. The van der Waals surface area contributed by atoms with E-state index in [2.05, 4.69) is 12.2 Å². The number of nitrogens with one attached hydrogen (secondary N) is 1. The van der Waals surface area contributed by atoms with Crippen molar-refractivity contribution in [2.75, 3.05) is 11.9 Å². The van der Waals surface area contributed by atoms with Gasteiger partial charge in [0.15, 0.2) is 0 Å². The lowest BCUT2D eigenvalue weighted by molar-refractivity contribution is -0.138. The Labute approximate surface area is 145 Å². The fourth-order valence-corrected chi connectivity index (χ4v) is 4.29. The summed E-state index contributed by atoms with van der Waals surface area (Å²) in [6.07, 6.45) is 3.49. The van der Waals surface area contributed by atoms with Gasteiger partial charge in [-0.05, 0) is 37.7 Å². The van der Waals surface area contributed by atoms with Crippen molar-refractivity contribution in [3.63, 3.8) is 0 Å². The van der Waals surface area contributed by atoms with Crippen LogP contribution in [0.4, 0.5) is 5.00 Å². The van der Waals surface area contributed by atoms with E-state index in [4.69, 9.17) is 9.84 Å². The molecule has 7 heteroatoms. The van der Waals surface area contributed by atoms with Crippen molar-refractivity contribution in [2.45, 2.75) is 52.4 Å². The van der Waals surface area contributed by atoms with Crippen molar-refractivity contribution < 1.29 is 24.2 Å². The van der Waals surface area contributed by atoms with Gasteiger partial charge in [0, 0.05) is 11.3 Å². The molecule has 0 spiro atoms. The fourth-order valence-electron chi connectivity index (χ4n) is 2.92. The minimum absolute atomic E-state index is 0.113. The molecule has 2 N–H and O–H groups in total. The SMILES string of the molecule is CCOC(=O)c1c(NC(=O)CCC(=O)O)sc2c1CCC(CC)C2. The molecule has 1 aliphatic rings. The van der Waals surface area contributed by atoms with Crippen molar-refractivity contribution in [2.24, 2.45) is 5.92 Å². The molecule has 24 heavy (non-hydrogen) atoms. The Morgan fingerprint density at radius 1 is 1.29 bits per heavy atom. The normalized spacial score (nSPS) is 16.3. The Kier molecular flexibility index (Phi) is 6.36. The van der Waals surface area contributed by atoms with Gasteiger partial charge in [-0.25, -0.2) is 4.79 Å². The molecule has 0 fully saturated rings. The van der Waals surface area contributed by atoms with Gasteiger partial charge in [-0.2, -0.15) is 0 Å². The lowest BCUT2D eigenvalue weighted by atomic mass is 9.85. The fraction of sp³-hybridized carbons (Fsp3) is 0.588. The predicted molar refractivity (Wildman–Crippen MR) is 91.6 cm³/mol. The monoisotopic (exact) mass is 353 g/mol. The first-order chi connectivity index (χ1) is 11.5. The zero-order chi connectivity index (χ0) is 17.7. The van der Waals surface area contributed by atoms with Crippen LogP contribution in [0.15, 0.2) is 0 Å². The number of carboxylic acids is 1. The zero-order valence-electron chi connectivity index (χ0n) is 14.0. The molecule has 0 radical (unpaired) electrons. The van der Waals surface area contributed by atoms with E-state index < -0.39 is 17.8 Å². The quantitative estimate of drug-likeness (QED) is 0.734. The van der Waals surface area contributed by atoms with Gasteiger partial charge in [0.05, 0.1) is 18.6 Å². The number of amides is 1. The van der Waals surface area contributed by atoms with Gasteiger partial charge in [-0.15, -0.1) is 11.3 Å². The van der Waals surface area contributed by atoms with E-state index in [-0.39, 0.29) is 19.4 Å². The minimum atomic E-state index is -1.02. The molecule has 132 valence electrons. The van der Waals surface area contributed by atoms with E-state index in [1.54, 1.807) is 6.92 Å². The maximum Gasteiger partial charge on any atom is 0.341 e. The molecule has 0 saturated carbocycles. The van der Waals surface area contributed by atoms with Crippen LogP contribution < -0.4 is 5.32 Å². The summed E-state index contributed by atoms with van der Waals surface area (Å²) < 4.78 is 5.15. The second-order valence-electron chi connectivity index (χ2n) is 5.89. The van der Waals surface area contributed by atoms with E-state index in [1.165, 1.54) is 11.3 Å². The summed E-state index contributed by atoms with van der Waals surface area (Å²) in [5.74, 6) is -1.24. The highest BCUT2D eigenvalue weighted by atomic mass is 32.1. The highest BCUT2D eigenvalue weighted by molar-refractivity contribution is 7.17. The van der Waals surface area contributed by atoms with Gasteiger partial charge in [-0.1, -0.05) is 13.3 Å². The molecule has 1 unspecified atom stereocenters. The van der Waals surface area contributed by atoms with Gasteiger partial charge in [0.2, 0.25) is 5.91 Å². The van der Waals surface area contributed by atoms with E-state index >= 15 is 0 Å². The molecule has 2 rings (SSSR count). The first-order valence-electron chi connectivity index (χ1n) is 8.29. The largest absolute Gasteiger partial charge is 0.481 e. The smallest absolute Gasteiger partial charge is 0.341 e. The van der Waals surface area contributed by atoms with Gasteiger partial charge in [0.1, 0.15) is 5.00 Å². The molecule has 6 nitrogen and oxygen atoms in total. The standard InChI is InChI=1S/C17H23NO5S/c1-3-10-5-6-11-12(9-10)24-16(15(11)17(22)23-4-2)18-13(19)7-8-14(20)21/h10H,3-9H2,1-2H3,(H,18,19)(H,20,21). The molecular weight excluding hydrogens is 330 g/mol. The van der Waals surface area contributed by atoms with Crippen molar-refractivity contribution in [3.8, 4) is 0 Å². The number of carboxylic acid groups (broad SMARTS) is 1. The number of hydrogen-bond donors (Lipinski definition) is 2. The summed E-state index contributed by atoms with van der Waals surface area (Å²) in [5.41, 5.74) is 1.44. The third-order valence-corrected chi connectivity index (χ3v) is 5.41. The first-order valence-corrected chi connectivity index (χ1v) is 9.11. The van der Waals surface area contributed by atoms with Gasteiger partial charge < -0.3 is 15.2 Å². The number of carbonyl (C=O) groups excluding carboxylic acids is 2. The highest BCUT2D eigenvalue weighted by Crippen LogP contribution is 2.40. The topological polar surface area (TPSA) is 92.7 Å². The molecule has 1 amide bonds. The summed E-state index contributed by atoms with van der Waals surface area (Å²) in [5, 5.41) is 11.9. The molecule has 1 aromatic heterocycles. The Hall–Kier alpha value is -1.89. The van der Waals surface area contributed by atoms with Gasteiger partial charge in [0.25, 0.3) is 0 Å². The van der Waals surface area contributed by atoms with Crippen molar-refractivity contribution in [1.82, 2.24) is 0 Å². The average Bonchev–Trinajstić information content (AvgIpc) is 2.89. The number of esters is 1. The van der Waals surface area contributed by atoms with Crippen LogP contribution in [0.5, 0.6) is 0 Å². The van der Waals surface area contributed by atoms with Crippen LogP contribution in [0.2, 0.25) is 0 Å². The van der Waals surface area contributed by atoms with Crippen LogP contribution in [0.3, 0.4) is 0 Å². The molecule has 0 aliphatic heterocycles. The average molecular weight is 353 g/mol. The molecule has 1 heterocycles. The third-order valence-electron chi connectivity index (χ3n) is 4.24. The van der Waals surface area contributed by atoms with Crippen molar-refractivity contribution in [3.05, 3.63) is 16.0 Å². The first kappa shape index (κ1) is 18.4. The molecule has 1 atom stereocenters. The number of carbonyl (C=O) groups is 3. The summed E-state index contributed by atoms with van der Waals surface area (Å²) in [4.78, 5) is 36.0. The Morgan fingerprint density at radius 2 is 2.04 bits per heavy atom. The van der Waals surface area contributed by atoms with Crippen LogP contribution in [-0.2, 0) is 27.2 Å². The maximum absolute atomic E-state index is 12.3. The lowest BCUT2D eigenvalue weighted by Gasteiger charge is -2.20. The summed E-state index contributed by atoms with van der Waals surface area (Å²) in [6, 6.07) is 0. The van der Waals surface area contributed by atoms with E-state index in [9.17, 15) is 14.4 Å². The molecule has 1 aliphatic carbocycles. The van der Waals surface area contributed by atoms with Crippen LogP contribution in [-0.4, -0.2) is 29.6 Å². The second-order valence-corrected chi connectivity index (χ2v) is 6.99. The predicted octanol–water partition coefficient (Wildman–Crippen LogP) is 3.24. The van der Waals surface area contributed by atoms with Crippen LogP contribution >= 0.6 is 11.3 Å².